The summed E-state index contributed by atoms with van der Waals surface area (Å²) in [7, 11) is 0. The first-order valence-corrected chi connectivity index (χ1v) is 12.1. The molecule has 0 aliphatic heterocycles. The zero-order valence-corrected chi connectivity index (χ0v) is 21.1. The Kier molecular flexibility index (Phi) is 8.40. The number of benzene rings is 2. The molecule has 2 N–H and O–H groups in total. The summed E-state index contributed by atoms with van der Waals surface area (Å²) in [5.74, 6) is 0.368. The molecular formula is C23H25Cl2N5O2S. The molecule has 0 fully saturated rings. The summed E-state index contributed by atoms with van der Waals surface area (Å²) in [4.78, 5) is 25.1. The van der Waals surface area contributed by atoms with E-state index in [0.717, 1.165) is 16.8 Å². The highest BCUT2D eigenvalue weighted by atomic mass is 35.5. The van der Waals surface area contributed by atoms with Crippen molar-refractivity contribution in [2.75, 3.05) is 11.1 Å². The summed E-state index contributed by atoms with van der Waals surface area (Å²) in [6.45, 7) is 8.35. The number of thioether (sulfide) groups is 1. The predicted octanol–water partition coefficient (Wildman–Crippen LogP) is 5.44. The van der Waals surface area contributed by atoms with Crippen LogP contribution in [0, 0.1) is 13.8 Å². The number of aryl methyl sites for hydroxylation is 2. The lowest BCUT2D eigenvalue weighted by molar-refractivity contribution is -0.113. The largest absolute Gasteiger partial charge is 0.342 e. The second-order valence-corrected chi connectivity index (χ2v) is 9.32. The van der Waals surface area contributed by atoms with Crippen LogP contribution in [0.2, 0.25) is 10.0 Å². The molecule has 1 heterocycles. The van der Waals surface area contributed by atoms with Gasteiger partial charge in [0.05, 0.1) is 21.8 Å². The molecule has 0 aliphatic carbocycles. The molecule has 174 valence electrons. The summed E-state index contributed by atoms with van der Waals surface area (Å²) < 4.78 is 1.88. The first-order valence-electron chi connectivity index (χ1n) is 10.4. The van der Waals surface area contributed by atoms with Gasteiger partial charge in [-0.1, -0.05) is 52.7 Å². The van der Waals surface area contributed by atoms with Gasteiger partial charge in [-0.3, -0.25) is 9.59 Å². The monoisotopic (exact) mass is 505 g/mol. The average Bonchev–Trinajstić information content (AvgIpc) is 3.19. The van der Waals surface area contributed by atoms with Gasteiger partial charge in [0, 0.05) is 17.8 Å². The van der Waals surface area contributed by atoms with Crippen molar-refractivity contribution >= 4 is 52.5 Å². The summed E-state index contributed by atoms with van der Waals surface area (Å²) in [6.07, 6.45) is 0. The molecule has 1 atom stereocenters. The van der Waals surface area contributed by atoms with Crippen LogP contribution in [0.15, 0.2) is 41.6 Å². The van der Waals surface area contributed by atoms with Crippen LogP contribution in [0.5, 0.6) is 0 Å². The summed E-state index contributed by atoms with van der Waals surface area (Å²) >= 11 is 13.2. The van der Waals surface area contributed by atoms with E-state index in [4.69, 9.17) is 23.2 Å². The lowest BCUT2D eigenvalue weighted by Gasteiger charge is -2.15. The van der Waals surface area contributed by atoms with Gasteiger partial charge in [0.15, 0.2) is 11.0 Å². The first kappa shape index (κ1) is 25.1. The minimum Gasteiger partial charge on any atom is -0.342 e. The number of aromatic nitrogens is 3. The normalized spacial score (nSPS) is 11.8. The number of carbonyl (C=O) groups is 2. The van der Waals surface area contributed by atoms with Crippen molar-refractivity contribution in [3.63, 3.8) is 0 Å². The summed E-state index contributed by atoms with van der Waals surface area (Å²) in [5, 5.41) is 15.6. The van der Waals surface area contributed by atoms with Gasteiger partial charge in [-0.25, -0.2) is 0 Å². The average molecular weight is 506 g/mol. The molecule has 2 aromatic carbocycles. The molecule has 7 nitrogen and oxygen atoms in total. The van der Waals surface area contributed by atoms with Crippen molar-refractivity contribution < 1.29 is 9.59 Å². The Hall–Kier alpha value is -2.55. The second-order valence-electron chi connectivity index (χ2n) is 7.56. The first-order chi connectivity index (χ1) is 15.7. The van der Waals surface area contributed by atoms with Crippen molar-refractivity contribution in [3.05, 3.63) is 69.0 Å². The van der Waals surface area contributed by atoms with Crippen molar-refractivity contribution in [2.24, 2.45) is 0 Å². The minimum atomic E-state index is -0.405. The third-order valence-corrected chi connectivity index (χ3v) is 6.67. The fourth-order valence-corrected chi connectivity index (χ4v) is 4.38. The van der Waals surface area contributed by atoms with Crippen LogP contribution in [0.1, 0.15) is 47.2 Å². The number of amides is 2. The third-order valence-electron chi connectivity index (χ3n) is 4.97. The number of carbonyl (C=O) groups excluding carboxylic acids is 2. The van der Waals surface area contributed by atoms with E-state index in [1.807, 2.05) is 50.5 Å². The molecule has 0 radical (unpaired) electrons. The van der Waals surface area contributed by atoms with E-state index in [-0.39, 0.29) is 17.6 Å². The zero-order chi connectivity index (χ0) is 24.1. The predicted molar refractivity (Wildman–Crippen MR) is 133 cm³/mol. The van der Waals surface area contributed by atoms with Crippen molar-refractivity contribution in [1.82, 2.24) is 20.1 Å². The van der Waals surface area contributed by atoms with Gasteiger partial charge >= 0.3 is 0 Å². The lowest BCUT2D eigenvalue weighted by atomic mass is 10.1. The molecule has 0 unspecified atom stereocenters. The van der Waals surface area contributed by atoms with E-state index in [1.165, 1.54) is 17.8 Å². The van der Waals surface area contributed by atoms with Gasteiger partial charge in [-0.2, -0.15) is 0 Å². The highest BCUT2D eigenvalue weighted by Crippen LogP contribution is 2.24. The zero-order valence-electron chi connectivity index (χ0n) is 18.8. The highest BCUT2D eigenvalue weighted by Gasteiger charge is 2.20. The Bertz CT molecular complexity index is 1180. The number of hydrogen-bond donors (Lipinski definition) is 2. The molecule has 2 amide bonds. The van der Waals surface area contributed by atoms with Crippen LogP contribution in [-0.2, 0) is 11.3 Å². The van der Waals surface area contributed by atoms with Crippen LogP contribution in [0.25, 0.3) is 0 Å². The Morgan fingerprint density at radius 2 is 1.85 bits per heavy atom. The Morgan fingerprint density at radius 1 is 1.09 bits per heavy atom. The van der Waals surface area contributed by atoms with E-state index in [9.17, 15) is 9.59 Å². The molecule has 33 heavy (non-hydrogen) atoms. The molecule has 10 heteroatoms. The fraction of sp³-hybridized carbons (Fsp3) is 0.304. The van der Waals surface area contributed by atoms with E-state index in [0.29, 0.717) is 33.1 Å². The fourth-order valence-electron chi connectivity index (χ4n) is 3.28. The minimum absolute atomic E-state index is 0.125. The maximum Gasteiger partial charge on any atom is 0.251 e. The number of anilines is 1. The number of rotatable bonds is 8. The highest BCUT2D eigenvalue weighted by molar-refractivity contribution is 7.99. The number of hydrogen-bond acceptors (Lipinski definition) is 5. The van der Waals surface area contributed by atoms with Crippen LogP contribution in [0.4, 0.5) is 5.69 Å². The molecule has 0 spiro atoms. The Morgan fingerprint density at radius 3 is 2.52 bits per heavy atom. The van der Waals surface area contributed by atoms with E-state index >= 15 is 0 Å². The molecule has 1 aromatic heterocycles. The number of nitrogens with zero attached hydrogens (tertiary/aromatic N) is 3. The molecule has 0 aliphatic rings. The molecule has 0 saturated carbocycles. The Balaban J connectivity index is 1.64. The van der Waals surface area contributed by atoms with Gasteiger partial charge < -0.3 is 15.2 Å². The van der Waals surface area contributed by atoms with E-state index < -0.39 is 6.04 Å². The van der Waals surface area contributed by atoms with Gasteiger partial charge in [-0.15, -0.1) is 10.2 Å². The maximum absolute atomic E-state index is 12.6. The third kappa shape index (κ3) is 6.28. The van der Waals surface area contributed by atoms with Crippen LogP contribution in [-0.4, -0.2) is 32.3 Å². The van der Waals surface area contributed by atoms with Crippen molar-refractivity contribution in [1.29, 1.82) is 0 Å². The summed E-state index contributed by atoms with van der Waals surface area (Å²) in [6, 6.07) is 10.2. The maximum atomic E-state index is 12.6. The van der Waals surface area contributed by atoms with Gasteiger partial charge in [-0.05, 0) is 57.5 Å². The summed E-state index contributed by atoms with van der Waals surface area (Å²) in [5.41, 5.74) is 3.35. The Labute approximate surface area is 207 Å². The molecular weight excluding hydrogens is 481 g/mol. The second kappa shape index (κ2) is 11.0. The smallest absolute Gasteiger partial charge is 0.251 e. The van der Waals surface area contributed by atoms with Crippen LogP contribution in [0.3, 0.4) is 0 Å². The van der Waals surface area contributed by atoms with E-state index in [2.05, 4.69) is 20.8 Å². The van der Waals surface area contributed by atoms with Crippen molar-refractivity contribution in [2.45, 2.75) is 45.4 Å². The van der Waals surface area contributed by atoms with Crippen LogP contribution >= 0.6 is 35.0 Å². The number of nitrogens with one attached hydrogen (secondary N) is 2. The van der Waals surface area contributed by atoms with Crippen LogP contribution < -0.4 is 10.6 Å². The molecule has 0 saturated heterocycles. The standard InChI is InChI=1S/C23H25Cl2N5O2S/c1-5-30-21(15(4)26-22(32)16-7-8-17(24)18(25)11-16)28-29-23(30)33-12-20(31)27-19-9-6-13(2)10-14(19)3/h6-11,15H,5,12H2,1-4H3,(H,26,32)(H,27,31)/t15-/m0/s1. The SMILES string of the molecule is CCn1c(SCC(=O)Nc2ccc(C)cc2C)nnc1[C@H](C)NC(=O)c1ccc(Cl)c(Cl)c1. The lowest BCUT2D eigenvalue weighted by Crippen LogP contribution is -2.28. The molecule has 3 rings (SSSR count). The number of halogens is 2. The van der Waals surface area contributed by atoms with Gasteiger partial charge in [0.2, 0.25) is 5.91 Å². The van der Waals surface area contributed by atoms with Crippen molar-refractivity contribution in [3.8, 4) is 0 Å². The van der Waals surface area contributed by atoms with Gasteiger partial charge in [0.25, 0.3) is 5.91 Å². The molecule has 3 aromatic rings. The molecule has 0 bridgehead atoms. The topological polar surface area (TPSA) is 88.9 Å². The quantitative estimate of drug-likeness (QED) is 0.397. The van der Waals surface area contributed by atoms with E-state index in [1.54, 1.807) is 12.1 Å². The van der Waals surface area contributed by atoms with Gasteiger partial charge in [0.1, 0.15) is 0 Å².